The molecule has 0 amide bonds. The molecule has 3 heterocycles. The molecule has 0 spiro atoms. The van der Waals surface area contributed by atoms with E-state index in [0.717, 1.165) is 6.20 Å². The van der Waals surface area contributed by atoms with Gasteiger partial charge in [0.1, 0.15) is 11.3 Å². The zero-order valence-corrected chi connectivity index (χ0v) is 16.2. The highest BCUT2D eigenvalue weighted by molar-refractivity contribution is 5.95. The quantitative estimate of drug-likeness (QED) is 0.628. The Hall–Kier alpha value is -3.88. The third-order valence-corrected chi connectivity index (χ3v) is 4.97. The summed E-state index contributed by atoms with van der Waals surface area (Å²) in [5.74, 6) is -1.87. The second kappa shape index (κ2) is 7.51. The summed E-state index contributed by atoms with van der Waals surface area (Å²) in [5, 5.41) is 0.698. The van der Waals surface area contributed by atoms with E-state index in [4.69, 9.17) is 14.2 Å². The number of aromatic nitrogens is 2. The van der Waals surface area contributed by atoms with Gasteiger partial charge in [-0.3, -0.25) is 14.4 Å². The Morgan fingerprint density at radius 3 is 2.73 bits per heavy atom. The number of benzene rings is 1. The van der Waals surface area contributed by atoms with Gasteiger partial charge in [-0.15, -0.1) is 0 Å². The maximum atomic E-state index is 12.8. The maximum absolute atomic E-state index is 12.8. The average Bonchev–Trinajstić information content (AvgIpc) is 2.72. The summed E-state index contributed by atoms with van der Waals surface area (Å²) in [7, 11) is 1.52. The van der Waals surface area contributed by atoms with Crippen molar-refractivity contribution in [2.24, 2.45) is 0 Å². The molecule has 0 fully saturated rings. The molecule has 0 aliphatic carbocycles. The van der Waals surface area contributed by atoms with Crippen molar-refractivity contribution in [3.8, 4) is 11.5 Å². The highest BCUT2D eigenvalue weighted by atomic mass is 16.5. The summed E-state index contributed by atoms with van der Waals surface area (Å²) < 4.78 is 15.4. The van der Waals surface area contributed by atoms with E-state index in [0.29, 0.717) is 16.7 Å². The molecule has 0 radical (unpaired) electrons. The first kappa shape index (κ1) is 19.4. The topological polar surface area (TPSA) is 128 Å². The van der Waals surface area contributed by atoms with Crippen molar-refractivity contribution in [1.82, 2.24) is 9.97 Å². The van der Waals surface area contributed by atoms with Gasteiger partial charge in [0.25, 0.3) is 11.1 Å². The largest absolute Gasteiger partial charge is 0.497 e. The predicted octanol–water partition coefficient (Wildman–Crippen LogP) is 1.84. The molecule has 9 heteroatoms. The number of esters is 2. The van der Waals surface area contributed by atoms with Crippen LogP contribution in [0.2, 0.25) is 0 Å². The molecule has 2 aromatic heterocycles. The Morgan fingerprint density at radius 1 is 1.20 bits per heavy atom. The maximum Gasteiger partial charge on any atom is 0.343 e. The molecule has 3 aromatic rings. The summed E-state index contributed by atoms with van der Waals surface area (Å²) in [6.45, 7) is 1.74. The summed E-state index contributed by atoms with van der Waals surface area (Å²) in [6.07, 6.45) is 0.929. The zero-order chi connectivity index (χ0) is 21.4. The van der Waals surface area contributed by atoms with Crippen LogP contribution < -0.4 is 20.6 Å². The number of H-pyrrole nitrogens is 2. The molecule has 1 aliphatic heterocycles. The van der Waals surface area contributed by atoms with Crippen molar-refractivity contribution in [3.05, 3.63) is 67.9 Å². The van der Waals surface area contributed by atoms with E-state index >= 15 is 0 Å². The molecule has 0 bridgehead atoms. The lowest BCUT2D eigenvalue weighted by atomic mass is 9.86. The number of hydrogen-bond acceptors (Lipinski definition) is 7. The zero-order valence-electron chi connectivity index (χ0n) is 16.2. The van der Waals surface area contributed by atoms with Crippen LogP contribution in [-0.4, -0.2) is 35.6 Å². The van der Waals surface area contributed by atoms with Crippen molar-refractivity contribution in [2.75, 3.05) is 13.7 Å². The van der Waals surface area contributed by atoms with Gasteiger partial charge in [0.05, 0.1) is 31.2 Å². The normalized spacial score (nSPS) is 15.4. The van der Waals surface area contributed by atoms with Crippen molar-refractivity contribution in [3.63, 3.8) is 0 Å². The van der Waals surface area contributed by atoms with E-state index in [9.17, 15) is 19.2 Å². The number of fused-ring (bicyclic) bond motifs is 2. The van der Waals surface area contributed by atoms with Gasteiger partial charge < -0.3 is 24.2 Å². The minimum atomic E-state index is -0.880. The number of pyridine rings is 2. The molecular formula is C21H18N2O7. The molecule has 9 nitrogen and oxygen atoms in total. The number of hydrogen-bond donors (Lipinski definition) is 2. The smallest absolute Gasteiger partial charge is 0.343 e. The minimum absolute atomic E-state index is 0.0403. The molecule has 30 heavy (non-hydrogen) atoms. The number of ether oxygens (including phenoxy) is 3. The van der Waals surface area contributed by atoms with Gasteiger partial charge in [0.2, 0.25) is 0 Å². The second-order valence-electron chi connectivity index (χ2n) is 6.73. The van der Waals surface area contributed by atoms with Gasteiger partial charge in [-0.25, -0.2) is 4.79 Å². The predicted molar refractivity (Wildman–Crippen MR) is 106 cm³/mol. The molecular weight excluding hydrogens is 392 g/mol. The Labute approximate surface area is 169 Å². The van der Waals surface area contributed by atoms with Crippen LogP contribution in [0.4, 0.5) is 0 Å². The highest BCUT2D eigenvalue weighted by Gasteiger charge is 2.36. The standard InChI is InChI=1S/C21H18N2O7/c1-3-29-21(27)14-9-22-20(26)17-12(8-16(24)30-18(14)17)13-6-10-4-5-11(28-2)7-15(10)23-19(13)25/h4-7,9,12H,3,8H2,1-2H3,(H,22,26)(H,23,25)/t12-/m1/s1. The van der Waals surface area contributed by atoms with E-state index in [1.165, 1.54) is 7.11 Å². The van der Waals surface area contributed by atoms with Crippen LogP contribution in [0.25, 0.3) is 10.9 Å². The van der Waals surface area contributed by atoms with Crippen LogP contribution in [-0.2, 0) is 9.53 Å². The first-order chi connectivity index (χ1) is 14.4. The van der Waals surface area contributed by atoms with Gasteiger partial charge in [0.15, 0.2) is 5.75 Å². The molecule has 154 valence electrons. The van der Waals surface area contributed by atoms with E-state index in [2.05, 4.69) is 9.97 Å². The Morgan fingerprint density at radius 2 is 2.00 bits per heavy atom. The van der Waals surface area contributed by atoms with Crippen LogP contribution >= 0.6 is 0 Å². The third kappa shape index (κ3) is 3.24. The van der Waals surface area contributed by atoms with Crippen LogP contribution in [0, 0.1) is 0 Å². The first-order valence-corrected chi connectivity index (χ1v) is 9.27. The number of carbonyl (C=O) groups is 2. The molecule has 0 saturated carbocycles. The molecule has 4 rings (SSSR count). The van der Waals surface area contributed by atoms with Crippen LogP contribution in [0.15, 0.2) is 40.1 Å². The van der Waals surface area contributed by atoms with Crippen molar-refractivity contribution in [2.45, 2.75) is 19.3 Å². The van der Waals surface area contributed by atoms with Gasteiger partial charge in [-0.05, 0) is 30.5 Å². The molecule has 2 N–H and O–H groups in total. The van der Waals surface area contributed by atoms with Crippen LogP contribution in [0.5, 0.6) is 11.5 Å². The van der Waals surface area contributed by atoms with E-state index in [-0.39, 0.29) is 35.5 Å². The highest BCUT2D eigenvalue weighted by Crippen LogP contribution is 2.38. The van der Waals surface area contributed by atoms with Crippen LogP contribution in [0.1, 0.15) is 40.7 Å². The number of aromatic amines is 2. The van der Waals surface area contributed by atoms with Crippen molar-refractivity contribution >= 4 is 22.8 Å². The third-order valence-electron chi connectivity index (χ3n) is 4.97. The molecule has 1 aromatic carbocycles. The van der Waals surface area contributed by atoms with Gasteiger partial charge in [-0.1, -0.05) is 0 Å². The monoisotopic (exact) mass is 410 g/mol. The second-order valence-corrected chi connectivity index (χ2v) is 6.73. The van der Waals surface area contributed by atoms with Gasteiger partial charge >= 0.3 is 11.9 Å². The lowest BCUT2D eigenvalue weighted by Crippen LogP contribution is -2.32. The number of rotatable bonds is 4. The fraction of sp³-hybridized carbons (Fsp3) is 0.238. The lowest BCUT2D eigenvalue weighted by Gasteiger charge is -2.24. The number of nitrogens with one attached hydrogen (secondary N) is 2. The summed E-state index contributed by atoms with van der Waals surface area (Å²) in [5.41, 5.74) is -0.273. The lowest BCUT2D eigenvalue weighted by molar-refractivity contribution is -0.135. The molecule has 0 unspecified atom stereocenters. The Kier molecular flexibility index (Phi) is 4.86. The van der Waals surface area contributed by atoms with E-state index < -0.39 is 29.0 Å². The van der Waals surface area contributed by atoms with Crippen LogP contribution in [0.3, 0.4) is 0 Å². The van der Waals surface area contributed by atoms with E-state index in [1.54, 1.807) is 31.2 Å². The van der Waals surface area contributed by atoms with Crippen molar-refractivity contribution < 1.29 is 23.8 Å². The van der Waals surface area contributed by atoms with E-state index in [1.807, 2.05) is 0 Å². The number of carbonyl (C=O) groups excluding carboxylic acids is 2. The number of methoxy groups -OCH3 is 1. The summed E-state index contributed by atoms with van der Waals surface area (Å²) in [4.78, 5) is 55.2. The van der Waals surface area contributed by atoms with Gasteiger partial charge in [-0.2, -0.15) is 0 Å². The Balaban J connectivity index is 1.92. The summed E-state index contributed by atoms with van der Waals surface area (Å²) in [6, 6.07) is 6.79. The molecule has 1 atom stereocenters. The average molecular weight is 410 g/mol. The van der Waals surface area contributed by atoms with Gasteiger partial charge in [0, 0.05) is 23.7 Å². The Bertz CT molecular complexity index is 1290. The SMILES string of the molecule is CCOC(=O)c1c[nH]c(=O)c2c1OC(=O)C[C@@H]2c1cc2ccc(OC)cc2[nH]c1=O. The van der Waals surface area contributed by atoms with Crippen molar-refractivity contribution in [1.29, 1.82) is 0 Å². The first-order valence-electron chi connectivity index (χ1n) is 9.27. The minimum Gasteiger partial charge on any atom is -0.497 e. The molecule has 1 aliphatic rings. The molecule has 0 saturated heterocycles. The fourth-order valence-corrected chi connectivity index (χ4v) is 3.59. The summed E-state index contributed by atoms with van der Waals surface area (Å²) >= 11 is 0. The fourth-order valence-electron chi connectivity index (χ4n) is 3.59.